The van der Waals surface area contributed by atoms with Gasteiger partial charge in [-0.1, -0.05) is 6.92 Å². The van der Waals surface area contributed by atoms with Gasteiger partial charge in [-0.3, -0.25) is 0 Å². The minimum atomic E-state index is -3.73. The van der Waals surface area contributed by atoms with Crippen LogP contribution in [0.3, 0.4) is 0 Å². The summed E-state index contributed by atoms with van der Waals surface area (Å²) in [5.41, 5.74) is 0.840. The zero-order valence-corrected chi connectivity index (χ0v) is 14.4. The molecule has 0 saturated carbocycles. The maximum absolute atomic E-state index is 12.3. The van der Waals surface area contributed by atoms with Crippen LogP contribution in [0.2, 0.25) is 0 Å². The number of rotatable bonds is 7. The fraction of sp³-hybridized carbons (Fsp3) is 0.538. The SMILES string of the molecule is CCNCCNS(=O)(=O)c1cc(C)cc(S(C)(=O)=O)c1C. The van der Waals surface area contributed by atoms with Crippen LogP contribution in [-0.2, 0) is 19.9 Å². The Balaban J connectivity index is 3.21. The Morgan fingerprint density at radius 3 is 2.10 bits per heavy atom. The van der Waals surface area contributed by atoms with Crippen molar-refractivity contribution in [2.45, 2.75) is 30.6 Å². The zero-order valence-electron chi connectivity index (χ0n) is 12.7. The molecule has 8 heteroatoms. The van der Waals surface area contributed by atoms with Gasteiger partial charge in [-0.2, -0.15) is 0 Å². The Labute approximate surface area is 126 Å². The first-order valence-corrected chi connectivity index (χ1v) is 9.98. The van der Waals surface area contributed by atoms with Gasteiger partial charge < -0.3 is 5.32 Å². The normalized spacial score (nSPS) is 12.6. The number of likely N-dealkylation sites (N-methyl/N-ethyl adjacent to an activating group) is 1. The smallest absolute Gasteiger partial charge is 0.240 e. The van der Waals surface area contributed by atoms with E-state index in [0.717, 1.165) is 12.8 Å². The van der Waals surface area contributed by atoms with Gasteiger partial charge in [0.05, 0.1) is 9.79 Å². The summed E-state index contributed by atoms with van der Waals surface area (Å²) in [4.78, 5) is 0.0639. The molecule has 1 aromatic rings. The highest BCUT2D eigenvalue weighted by Crippen LogP contribution is 2.24. The van der Waals surface area contributed by atoms with E-state index in [4.69, 9.17) is 0 Å². The van der Waals surface area contributed by atoms with Crippen molar-refractivity contribution in [2.75, 3.05) is 25.9 Å². The van der Waals surface area contributed by atoms with Crippen LogP contribution < -0.4 is 10.0 Å². The quantitative estimate of drug-likeness (QED) is 0.712. The Morgan fingerprint density at radius 1 is 1.00 bits per heavy atom. The third-order valence-electron chi connectivity index (χ3n) is 2.99. The number of benzene rings is 1. The summed E-state index contributed by atoms with van der Waals surface area (Å²) < 4.78 is 50.6. The fourth-order valence-corrected chi connectivity index (χ4v) is 4.50. The molecule has 0 aliphatic heterocycles. The van der Waals surface area contributed by atoms with Crippen LogP contribution in [0.15, 0.2) is 21.9 Å². The van der Waals surface area contributed by atoms with Crippen molar-refractivity contribution in [3.05, 3.63) is 23.3 Å². The molecule has 0 aliphatic rings. The minimum Gasteiger partial charge on any atom is -0.316 e. The number of hydrogen-bond donors (Lipinski definition) is 2. The fourth-order valence-electron chi connectivity index (χ4n) is 1.99. The first kappa shape index (κ1) is 18.1. The number of sulfone groups is 1. The van der Waals surface area contributed by atoms with Crippen molar-refractivity contribution in [1.82, 2.24) is 10.0 Å². The van der Waals surface area contributed by atoms with Crippen LogP contribution in [0.5, 0.6) is 0 Å². The molecule has 1 aromatic carbocycles. The van der Waals surface area contributed by atoms with E-state index in [9.17, 15) is 16.8 Å². The molecule has 0 heterocycles. The highest BCUT2D eigenvalue weighted by atomic mass is 32.2. The van der Waals surface area contributed by atoms with E-state index in [2.05, 4.69) is 10.0 Å². The number of aryl methyl sites for hydroxylation is 1. The topological polar surface area (TPSA) is 92.3 Å². The van der Waals surface area contributed by atoms with Crippen molar-refractivity contribution in [2.24, 2.45) is 0 Å². The lowest BCUT2D eigenvalue weighted by Gasteiger charge is -2.13. The summed E-state index contributed by atoms with van der Waals surface area (Å²) in [5, 5.41) is 3.01. The number of sulfonamides is 1. The van der Waals surface area contributed by atoms with Crippen molar-refractivity contribution >= 4 is 19.9 Å². The molecule has 0 aliphatic carbocycles. The predicted molar refractivity (Wildman–Crippen MR) is 82.8 cm³/mol. The van der Waals surface area contributed by atoms with E-state index in [1.165, 1.54) is 19.1 Å². The molecule has 120 valence electrons. The zero-order chi connectivity index (χ0) is 16.3. The molecule has 0 atom stereocenters. The molecule has 0 aromatic heterocycles. The molecule has 0 fully saturated rings. The third-order valence-corrected chi connectivity index (χ3v) is 5.80. The van der Waals surface area contributed by atoms with Gasteiger partial charge in [0.1, 0.15) is 0 Å². The van der Waals surface area contributed by atoms with Gasteiger partial charge in [0.15, 0.2) is 9.84 Å². The van der Waals surface area contributed by atoms with E-state index in [0.29, 0.717) is 12.1 Å². The summed E-state index contributed by atoms with van der Waals surface area (Å²) in [7, 11) is -7.20. The van der Waals surface area contributed by atoms with Gasteiger partial charge in [0, 0.05) is 19.3 Å². The minimum absolute atomic E-state index is 0.0134. The van der Waals surface area contributed by atoms with Gasteiger partial charge in [0.2, 0.25) is 10.0 Å². The monoisotopic (exact) mass is 334 g/mol. The lowest BCUT2D eigenvalue weighted by molar-refractivity contribution is 0.576. The Morgan fingerprint density at radius 2 is 1.57 bits per heavy atom. The second-order valence-corrected chi connectivity index (χ2v) is 8.63. The van der Waals surface area contributed by atoms with Gasteiger partial charge in [0.25, 0.3) is 0 Å². The average molecular weight is 334 g/mol. The molecule has 0 amide bonds. The Hall–Kier alpha value is -0.960. The first-order chi connectivity index (χ1) is 9.59. The summed E-state index contributed by atoms with van der Waals surface area (Å²) in [6.45, 7) is 6.62. The van der Waals surface area contributed by atoms with Crippen molar-refractivity contribution < 1.29 is 16.8 Å². The Kier molecular flexibility index (Phi) is 5.92. The average Bonchev–Trinajstić information content (AvgIpc) is 2.35. The molecular weight excluding hydrogens is 312 g/mol. The van der Waals surface area contributed by atoms with Gasteiger partial charge >= 0.3 is 0 Å². The number of nitrogens with one attached hydrogen (secondary N) is 2. The van der Waals surface area contributed by atoms with Gasteiger partial charge in [-0.05, 0) is 43.7 Å². The Bertz CT molecular complexity index is 710. The van der Waals surface area contributed by atoms with Crippen molar-refractivity contribution in [1.29, 1.82) is 0 Å². The van der Waals surface area contributed by atoms with Crippen molar-refractivity contribution in [3.63, 3.8) is 0 Å². The molecule has 6 nitrogen and oxygen atoms in total. The molecular formula is C13H22N2O4S2. The van der Waals surface area contributed by atoms with E-state index >= 15 is 0 Å². The second-order valence-electron chi connectivity index (χ2n) is 4.91. The second kappa shape index (κ2) is 6.87. The summed E-state index contributed by atoms with van der Waals surface area (Å²) in [6.07, 6.45) is 1.07. The van der Waals surface area contributed by atoms with E-state index in [-0.39, 0.29) is 21.9 Å². The van der Waals surface area contributed by atoms with E-state index in [1.54, 1.807) is 6.92 Å². The molecule has 2 N–H and O–H groups in total. The van der Waals surface area contributed by atoms with E-state index < -0.39 is 19.9 Å². The highest BCUT2D eigenvalue weighted by Gasteiger charge is 2.22. The van der Waals surface area contributed by atoms with Crippen LogP contribution in [0.1, 0.15) is 18.1 Å². The van der Waals surface area contributed by atoms with Crippen LogP contribution in [-0.4, -0.2) is 42.7 Å². The maximum atomic E-state index is 12.3. The first-order valence-electron chi connectivity index (χ1n) is 6.61. The van der Waals surface area contributed by atoms with Crippen molar-refractivity contribution in [3.8, 4) is 0 Å². The van der Waals surface area contributed by atoms with Crippen LogP contribution >= 0.6 is 0 Å². The molecule has 0 spiro atoms. The highest BCUT2D eigenvalue weighted by molar-refractivity contribution is 7.91. The summed E-state index contributed by atoms with van der Waals surface area (Å²) >= 11 is 0. The van der Waals surface area contributed by atoms with Crippen LogP contribution in [0.4, 0.5) is 0 Å². The van der Waals surface area contributed by atoms with Crippen LogP contribution in [0.25, 0.3) is 0 Å². The van der Waals surface area contributed by atoms with E-state index in [1.807, 2.05) is 6.92 Å². The largest absolute Gasteiger partial charge is 0.316 e. The molecule has 1 rings (SSSR count). The molecule has 0 saturated heterocycles. The number of hydrogen-bond acceptors (Lipinski definition) is 5. The lowest BCUT2D eigenvalue weighted by Crippen LogP contribution is -2.32. The summed E-state index contributed by atoms with van der Waals surface area (Å²) in [6, 6.07) is 2.97. The summed E-state index contributed by atoms with van der Waals surface area (Å²) in [5.74, 6) is 0. The predicted octanol–water partition coefficient (Wildman–Crippen LogP) is 0.595. The van der Waals surface area contributed by atoms with Gasteiger partial charge in [-0.25, -0.2) is 21.6 Å². The third kappa shape index (κ3) is 4.77. The lowest BCUT2D eigenvalue weighted by atomic mass is 10.2. The van der Waals surface area contributed by atoms with Gasteiger partial charge in [-0.15, -0.1) is 0 Å². The standard InChI is InChI=1S/C13H22N2O4S2/c1-5-14-6-7-15-21(18,19)13-9-10(2)8-12(11(13)3)20(4,16)17/h8-9,14-15H,5-7H2,1-4H3. The molecule has 0 radical (unpaired) electrons. The molecule has 21 heavy (non-hydrogen) atoms. The molecule has 0 bridgehead atoms. The van der Waals surface area contributed by atoms with Crippen LogP contribution in [0, 0.1) is 13.8 Å². The molecule has 0 unspecified atom stereocenters. The maximum Gasteiger partial charge on any atom is 0.240 e.